The van der Waals surface area contributed by atoms with Gasteiger partial charge in [-0.05, 0) is 42.0 Å². The first-order valence-electron chi connectivity index (χ1n) is 6.59. The van der Waals surface area contributed by atoms with Gasteiger partial charge in [-0.15, -0.1) is 11.8 Å². The molecular formula is C16H14BrClN2OS. The Kier molecular flexibility index (Phi) is 6.96. The second-order valence-electron chi connectivity index (χ2n) is 4.40. The predicted octanol–water partition coefficient (Wildman–Crippen LogP) is 4.74. The Hall–Kier alpha value is -1.30. The summed E-state index contributed by atoms with van der Waals surface area (Å²) in [6.45, 7) is 0. The van der Waals surface area contributed by atoms with Crippen molar-refractivity contribution in [3.05, 3.63) is 63.6 Å². The zero-order valence-corrected chi connectivity index (χ0v) is 14.8. The molecule has 114 valence electrons. The average molecular weight is 398 g/mol. The summed E-state index contributed by atoms with van der Waals surface area (Å²) in [6.07, 6.45) is 2.03. The van der Waals surface area contributed by atoms with Gasteiger partial charge >= 0.3 is 0 Å². The topological polar surface area (TPSA) is 41.5 Å². The van der Waals surface area contributed by atoms with Gasteiger partial charge in [-0.1, -0.05) is 39.7 Å². The van der Waals surface area contributed by atoms with E-state index in [9.17, 15) is 4.79 Å². The van der Waals surface area contributed by atoms with Gasteiger partial charge in [0.1, 0.15) is 0 Å². The number of benzene rings is 2. The van der Waals surface area contributed by atoms with Crippen molar-refractivity contribution in [2.24, 2.45) is 5.10 Å². The summed E-state index contributed by atoms with van der Waals surface area (Å²) < 4.78 is 0.974. The number of thioether (sulfide) groups is 1. The molecule has 6 heteroatoms. The maximum absolute atomic E-state index is 11.7. The van der Waals surface area contributed by atoms with E-state index in [1.807, 2.05) is 48.5 Å². The van der Waals surface area contributed by atoms with Gasteiger partial charge in [-0.25, -0.2) is 5.43 Å². The van der Waals surface area contributed by atoms with Gasteiger partial charge in [0.25, 0.3) is 0 Å². The second-order valence-corrected chi connectivity index (χ2v) is 6.92. The third kappa shape index (κ3) is 6.22. The van der Waals surface area contributed by atoms with Crippen molar-refractivity contribution < 1.29 is 4.79 Å². The molecule has 0 aliphatic heterocycles. The molecule has 0 fully saturated rings. The SMILES string of the molecule is O=C(CCSc1ccc(Cl)cc1)N/N=C\c1cccc(Br)c1. The minimum absolute atomic E-state index is 0.104. The molecule has 0 unspecified atom stereocenters. The van der Waals surface area contributed by atoms with E-state index >= 15 is 0 Å². The minimum Gasteiger partial charge on any atom is -0.273 e. The molecule has 0 saturated carbocycles. The van der Waals surface area contributed by atoms with Gasteiger partial charge in [-0.3, -0.25) is 4.79 Å². The Morgan fingerprint density at radius 1 is 1.27 bits per heavy atom. The van der Waals surface area contributed by atoms with Crippen LogP contribution in [-0.2, 0) is 4.79 Å². The van der Waals surface area contributed by atoms with Crippen LogP contribution in [0.1, 0.15) is 12.0 Å². The first-order valence-corrected chi connectivity index (χ1v) is 8.75. The number of hydrogen-bond acceptors (Lipinski definition) is 3. The van der Waals surface area contributed by atoms with E-state index in [-0.39, 0.29) is 5.91 Å². The number of carbonyl (C=O) groups is 1. The summed E-state index contributed by atoms with van der Waals surface area (Å²) in [6, 6.07) is 15.2. The van der Waals surface area contributed by atoms with Gasteiger partial charge < -0.3 is 0 Å². The highest BCUT2D eigenvalue weighted by atomic mass is 79.9. The predicted molar refractivity (Wildman–Crippen MR) is 96.7 cm³/mol. The van der Waals surface area contributed by atoms with Gasteiger partial charge in [-0.2, -0.15) is 5.10 Å². The molecule has 1 N–H and O–H groups in total. The molecule has 0 aliphatic rings. The van der Waals surface area contributed by atoms with Crippen molar-refractivity contribution in [3.63, 3.8) is 0 Å². The maximum atomic E-state index is 11.7. The van der Waals surface area contributed by atoms with Gasteiger partial charge in [0, 0.05) is 26.6 Å². The van der Waals surface area contributed by atoms with Crippen LogP contribution in [0.25, 0.3) is 0 Å². The Labute approximate surface area is 147 Å². The summed E-state index contributed by atoms with van der Waals surface area (Å²) in [5.74, 6) is 0.590. The summed E-state index contributed by atoms with van der Waals surface area (Å²) in [7, 11) is 0. The highest BCUT2D eigenvalue weighted by molar-refractivity contribution is 9.10. The van der Waals surface area contributed by atoms with E-state index in [1.165, 1.54) is 0 Å². The number of hydrazone groups is 1. The smallest absolute Gasteiger partial charge is 0.240 e. The number of rotatable bonds is 6. The highest BCUT2D eigenvalue weighted by Gasteiger charge is 2.01. The van der Waals surface area contributed by atoms with Crippen molar-refractivity contribution in [2.45, 2.75) is 11.3 Å². The number of carbonyl (C=O) groups excluding carboxylic acids is 1. The van der Waals surface area contributed by atoms with Crippen LogP contribution >= 0.6 is 39.3 Å². The fraction of sp³-hybridized carbons (Fsp3) is 0.125. The lowest BCUT2D eigenvalue weighted by Crippen LogP contribution is -2.17. The maximum Gasteiger partial charge on any atom is 0.240 e. The second kappa shape index (κ2) is 8.98. The van der Waals surface area contributed by atoms with E-state index in [2.05, 4.69) is 26.5 Å². The molecule has 2 aromatic carbocycles. The molecule has 0 heterocycles. The molecule has 0 aromatic heterocycles. The number of halogens is 2. The van der Waals surface area contributed by atoms with Gasteiger partial charge in [0.15, 0.2) is 0 Å². The number of nitrogens with one attached hydrogen (secondary N) is 1. The Morgan fingerprint density at radius 3 is 2.77 bits per heavy atom. The monoisotopic (exact) mass is 396 g/mol. The molecule has 0 saturated heterocycles. The Balaban J connectivity index is 1.70. The van der Waals surface area contributed by atoms with Crippen LogP contribution in [0.2, 0.25) is 5.02 Å². The normalized spacial score (nSPS) is 10.8. The van der Waals surface area contributed by atoms with E-state index in [1.54, 1.807) is 18.0 Å². The Morgan fingerprint density at radius 2 is 2.05 bits per heavy atom. The van der Waals surface area contributed by atoms with Crippen LogP contribution in [0, 0.1) is 0 Å². The van der Waals surface area contributed by atoms with Crippen molar-refractivity contribution in [3.8, 4) is 0 Å². The molecule has 0 aliphatic carbocycles. The lowest BCUT2D eigenvalue weighted by molar-refractivity contribution is -0.120. The third-order valence-corrected chi connectivity index (χ3v) is 4.42. The highest BCUT2D eigenvalue weighted by Crippen LogP contribution is 2.20. The number of amides is 1. The van der Waals surface area contributed by atoms with E-state index < -0.39 is 0 Å². The van der Waals surface area contributed by atoms with Crippen LogP contribution in [0.5, 0.6) is 0 Å². The molecule has 0 radical (unpaired) electrons. The van der Waals surface area contributed by atoms with Crippen LogP contribution in [-0.4, -0.2) is 17.9 Å². The van der Waals surface area contributed by atoms with Gasteiger partial charge in [0.2, 0.25) is 5.91 Å². The van der Waals surface area contributed by atoms with Crippen molar-refractivity contribution in [2.75, 3.05) is 5.75 Å². The zero-order valence-electron chi connectivity index (χ0n) is 11.6. The van der Waals surface area contributed by atoms with E-state index in [4.69, 9.17) is 11.6 Å². The molecule has 3 nitrogen and oxygen atoms in total. The zero-order chi connectivity index (χ0) is 15.8. The summed E-state index contributed by atoms with van der Waals surface area (Å²) in [5, 5.41) is 4.66. The van der Waals surface area contributed by atoms with E-state index in [0.29, 0.717) is 17.2 Å². The van der Waals surface area contributed by atoms with E-state index in [0.717, 1.165) is 14.9 Å². The quantitative estimate of drug-likeness (QED) is 0.435. The first kappa shape index (κ1) is 17.1. The minimum atomic E-state index is -0.104. The lowest BCUT2D eigenvalue weighted by atomic mass is 10.2. The largest absolute Gasteiger partial charge is 0.273 e. The third-order valence-electron chi connectivity index (χ3n) is 2.66. The average Bonchev–Trinajstić information content (AvgIpc) is 2.49. The van der Waals surface area contributed by atoms with Crippen molar-refractivity contribution in [1.82, 2.24) is 5.43 Å². The van der Waals surface area contributed by atoms with Crippen molar-refractivity contribution >= 4 is 51.4 Å². The summed E-state index contributed by atoms with van der Waals surface area (Å²) in [5.41, 5.74) is 3.45. The lowest BCUT2D eigenvalue weighted by Gasteiger charge is -2.01. The van der Waals surface area contributed by atoms with Crippen molar-refractivity contribution in [1.29, 1.82) is 0 Å². The van der Waals surface area contributed by atoms with Gasteiger partial charge in [0.05, 0.1) is 6.21 Å². The van der Waals surface area contributed by atoms with Crippen LogP contribution in [0.15, 0.2) is 63.0 Å². The summed E-state index contributed by atoms with van der Waals surface area (Å²) >= 11 is 10.8. The Bertz CT molecular complexity index is 661. The fourth-order valence-corrected chi connectivity index (χ4v) is 3.01. The fourth-order valence-electron chi connectivity index (χ4n) is 1.61. The summed E-state index contributed by atoms with van der Waals surface area (Å²) in [4.78, 5) is 12.8. The number of nitrogens with zero attached hydrogens (tertiary/aromatic N) is 1. The molecule has 2 aromatic rings. The standard InChI is InChI=1S/C16H14BrClN2OS/c17-13-3-1-2-12(10-13)11-19-20-16(21)8-9-22-15-6-4-14(18)5-7-15/h1-7,10-11H,8-9H2,(H,20,21)/b19-11-. The van der Waals surface area contributed by atoms with Crippen LogP contribution in [0.4, 0.5) is 0 Å². The molecule has 0 spiro atoms. The molecular weight excluding hydrogens is 384 g/mol. The van der Waals surface area contributed by atoms with Crippen LogP contribution < -0.4 is 5.43 Å². The number of hydrogen-bond donors (Lipinski definition) is 1. The van der Waals surface area contributed by atoms with Crippen LogP contribution in [0.3, 0.4) is 0 Å². The molecule has 1 amide bonds. The molecule has 0 atom stereocenters. The molecule has 2 rings (SSSR count). The first-order chi connectivity index (χ1) is 10.6. The molecule has 0 bridgehead atoms. The molecule has 22 heavy (non-hydrogen) atoms.